The average Bonchev–Trinajstić information content (AvgIpc) is 3.14. The first-order valence-electron chi connectivity index (χ1n) is 8.14. The van der Waals surface area contributed by atoms with Crippen LogP contribution in [0.15, 0.2) is 71.3 Å². The van der Waals surface area contributed by atoms with Crippen LogP contribution in [-0.2, 0) is 11.3 Å². The van der Waals surface area contributed by atoms with Crippen LogP contribution in [0.4, 0.5) is 14.5 Å². The van der Waals surface area contributed by atoms with E-state index >= 15 is 0 Å². The highest BCUT2D eigenvalue weighted by atomic mass is 19.1. The Hall–Kier alpha value is -3.48. The van der Waals surface area contributed by atoms with E-state index in [2.05, 4.69) is 5.32 Å². The van der Waals surface area contributed by atoms with Gasteiger partial charge in [-0.1, -0.05) is 18.2 Å². The van der Waals surface area contributed by atoms with Gasteiger partial charge in [-0.25, -0.2) is 8.78 Å². The Kier molecular flexibility index (Phi) is 5.61. The zero-order valence-electron chi connectivity index (χ0n) is 14.2. The molecule has 1 aromatic heterocycles. The lowest BCUT2D eigenvalue weighted by Crippen LogP contribution is -2.38. The highest BCUT2D eigenvalue weighted by Gasteiger charge is 2.23. The zero-order chi connectivity index (χ0) is 19.2. The maximum Gasteiger partial charge on any atom is 0.257 e. The number of carbonyl (C=O) groups excluding carboxylic acids is 2. The molecule has 1 heterocycles. The smallest absolute Gasteiger partial charge is 0.257 e. The minimum absolute atomic E-state index is 0.0368. The van der Waals surface area contributed by atoms with Gasteiger partial charge in [-0.3, -0.25) is 9.59 Å². The van der Waals surface area contributed by atoms with Crippen molar-refractivity contribution in [2.45, 2.75) is 6.54 Å². The van der Waals surface area contributed by atoms with Gasteiger partial charge in [-0.2, -0.15) is 0 Å². The summed E-state index contributed by atoms with van der Waals surface area (Å²) in [5, 5.41) is 2.66. The Morgan fingerprint density at radius 1 is 1.00 bits per heavy atom. The summed E-state index contributed by atoms with van der Waals surface area (Å²) in [5.41, 5.74) is 0.247. The van der Waals surface area contributed by atoms with Gasteiger partial charge >= 0.3 is 0 Å². The summed E-state index contributed by atoms with van der Waals surface area (Å²) in [6.07, 6.45) is 1.43. The van der Waals surface area contributed by atoms with Gasteiger partial charge in [0.15, 0.2) is 0 Å². The van der Waals surface area contributed by atoms with Crippen LogP contribution in [0.1, 0.15) is 16.1 Å². The van der Waals surface area contributed by atoms with Crippen molar-refractivity contribution in [3.63, 3.8) is 0 Å². The molecular weight excluding hydrogens is 354 g/mol. The molecule has 0 bridgehead atoms. The van der Waals surface area contributed by atoms with Crippen LogP contribution in [0.25, 0.3) is 0 Å². The van der Waals surface area contributed by atoms with E-state index in [4.69, 9.17) is 4.42 Å². The van der Waals surface area contributed by atoms with Crippen molar-refractivity contribution >= 4 is 17.5 Å². The van der Waals surface area contributed by atoms with Crippen LogP contribution in [0, 0.1) is 11.6 Å². The second-order valence-electron chi connectivity index (χ2n) is 5.78. The number of nitrogens with zero attached hydrogens (tertiary/aromatic N) is 1. The molecule has 7 heteroatoms. The second-order valence-corrected chi connectivity index (χ2v) is 5.78. The third kappa shape index (κ3) is 4.78. The average molecular weight is 370 g/mol. The Morgan fingerprint density at radius 3 is 2.44 bits per heavy atom. The minimum Gasteiger partial charge on any atom is -0.467 e. The molecule has 2 amide bonds. The molecule has 3 rings (SSSR count). The fraction of sp³-hybridized carbons (Fsp3) is 0.100. The molecule has 0 aliphatic heterocycles. The first-order valence-corrected chi connectivity index (χ1v) is 8.14. The quantitative estimate of drug-likeness (QED) is 0.717. The van der Waals surface area contributed by atoms with Gasteiger partial charge in [0, 0.05) is 11.8 Å². The number of carbonyl (C=O) groups is 2. The van der Waals surface area contributed by atoms with Crippen molar-refractivity contribution in [2.24, 2.45) is 0 Å². The molecular formula is C20H16F2N2O3. The predicted molar refractivity (Wildman–Crippen MR) is 94.9 cm³/mol. The number of benzene rings is 2. The summed E-state index contributed by atoms with van der Waals surface area (Å²) in [7, 11) is 0. The third-order valence-corrected chi connectivity index (χ3v) is 3.77. The molecule has 0 saturated carbocycles. The number of anilines is 1. The van der Waals surface area contributed by atoms with Gasteiger partial charge < -0.3 is 14.6 Å². The van der Waals surface area contributed by atoms with Crippen LogP contribution >= 0.6 is 0 Å². The number of furan rings is 1. The van der Waals surface area contributed by atoms with Crippen molar-refractivity contribution in [1.29, 1.82) is 0 Å². The molecule has 5 nitrogen and oxygen atoms in total. The zero-order valence-corrected chi connectivity index (χ0v) is 14.2. The fourth-order valence-electron chi connectivity index (χ4n) is 2.52. The number of rotatable bonds is 6. The van der Waals surface area contributed by atoms with E-state index in [-0.39, 0.29) is 18.7 Å². The normalized spacial score (nSPS) is 10.4. The molecule has 0 saturated heterocycles. The Labute approximate surface area is 154 Å². The summed E-state index contributed by atoms with van der Waals surface area (Å²) in [6.45, 7) is -0.365. The van der Waals surface area contributed by atoms with Crippen LogP contribution in [0.5, 0.6) is 0 Å². The van der Waals surface area contributed by atoms with E-state index in [1.807, 2.05) is 0 Å². The molecule has 1 N–H and O–H groups in total. The summed E-state index contributed by atoms with van der Waals surface area (Å²) >= 11 is 0. The van der Waals surface area contributed by atoms with E-state index in [0.29, 0.717) is 17.5 Å². The van der Waals surface area contributed by atoms with Crippen molar-refractivity contribution in [2.75, 3.05) is 11.9 Å². The predicted octanol–water partition coefficient (Wildman–Crippen LogP) is 3.84. The van der Waals surface area contributed by atoms with E-state index in [0.717, 1.165) is 17.0 Å². The van der Waals surface area contributed by atoms with Crippen LogP contribution in [0.2, 0.25) is 0 Å². The number of para-hydroxylation sites is 1. The third-order valence-electron chi connectivity index (χ3n) is 3.77. The van der Waals surface area contributed by atoms with Gasteiger partial charge in [0.25, 0.3) is 5.91 Å². The molecule has 0 aliphatic rings. The number of hydrogen-bond donors (Lipinski definition) is 1. The van der Waals surface area contributed by atoms with E-state index in [1.54, 1.807) is 42.5 Å². The number of halogens is 2. The summed E-state index contributed by atoms with van der Waals surface area (Å²) in [4.78, 5) is 26.2. The largest absolute Gasteiger partial charge is 0.467 e. The van der Waals surface area contributed by atoms with E-state index in [9.17, 15) is 18.4 Å². The summed E-state index contributed by atoms with van der Waals surface area (Å²) in [6, 6.07) is 14.7. The number of nitrogens with one attached hydrogen (secondary N) is 1. The Balaban J connectivity index is 1.79. The monoisotopic (exact) mass is 370 g/mol. The van der Waals surface area contributed by atoms with Gasteiger partial charge in [0.2, 0.25) is 5.91 Å². The Bertz CT molecular complexity index is 928. The number of hydrogen-bond acceptors (Lipinski definition) is 3. The fourth-order valence-corrected chi connectivity index (χ4v) is 2.52. The van der Waals surface area contributed by atoms with Crippen molar-refractivity contribution in [1.82, 2.24) is 4.90 Å². The minimum atomic E-state index is -0.993. The van der Waals surface area contributed by atoms with Gasteiger partial charge in [-0.15, -0.1) is 0 Å². The molecule has 138 valence electrons. The molecule has 0 spiro atoms. The topological polar surface area (TPSA) is 62.6 Å². The van der Waals surface area contributed by atoms with Crippen LogP contribution < -0.4 is 5.32 Å². The first kappa shape index (κ1) is 18.3. The maximum atomic E-state index is 14.0. The molecule has 3 aromatic rings. The molecule has 0 fully saturated rings. The first-order chi connectivity index (χ1) is 13.0. The highest BCUT2D eigenvalue weighted by molar-refractivity contribution is 5.99. The lowest BCUT2D eigenvalue weighted by Gasteiger charge is -2.21. The van der Waals surface area contributed by atoms with E-state index in [1.165, 1.54) is 6.26 Å². The van der Waals surface area contributed by atoms with Gasteiger partial charge in [0.1, 0.15) is 23.9 Å². The van der Waals surface area contributed by atoms with Crippen LogP contribution in [-0.4, -0.2) is 23.3 Å². The second kappa shape index (κ2) is 8.27. The van der Waals surface area contributed by atoms with Crippen molar-refractivity contribution in [3.05, 3.63) is 89.9 Å². The molecule has 2 aromatic carbocycles. The molecule has 0 unspecified atom stereocenters. The SMILES string of the molecule is O=C(CN(Cc1ccco1)C(=O)c1ccc(F)cc1F)Nc1ccccc1. The van der Waals surface area contributed by atoms with Crippen LogP contribution in [0.3, 0.4) is 0 Å². The lowest BCUT2D eigenvalue weighted by atomic mass is 10.1. The summed E-state index contributed by atoms with van der Waals surface area (Å²) in [5.74, 6) is -2.55. The Morgan fingerprint density at radius 2 is 1.78 bits per heavy atom. The number of amides is 2. The van der Waals surface area contributed by atoms with Crippen molar-refractivity contribution in [3.8, 4) is 0 Å². The highest BCUT2D eigenvalue weighted by Crippen LogP contribution is 2.15. The summed E-state index contributed by atoms with van der Waals surface area (Å²) < 4.78 is 32.4. The molecule has 0 atom stereocenters. The van der Waals surface area contributed by atoms with Gasteiger partial charge in [0.05, 0.1) is 18.4 Å². The maximum absolute atomic E-state index is 14.0. The standard InChI is InChI=1S/C20H16F2N2O3/c21-14-8-9-17(18(22)11-14)20(26)24(12-16-7-4-10-27-16)13-19(25)23-15-5-2-1-3-6-15/h1-11H,12-13H2,(H,23,25). The molecule has 0 aliphatic carbocycles. The lowest BCUT2D eigenvalue weighted by molar-refractivity contribution is -0.117. The molecule has 0 radical (unpaired) electrons. The van der Waals surface area contributed by atoms with Gasteiger partial charge in [-0.05, 0) is 36.4 Å². The van der Waals surface area contributed by atoms with E-state index < -0.39 is 23.4 Å². The molecule has 27 heavy (non-hydrogen) atoms. The van der Waals surface area contributed by atoms with Crippen molar-refractivity contribution < 1.29 is 22.8 Å².